The standard InChI is InChI=1S/C22H19ClN2O3/c1-27-18-11-9-17(10-12-18)25-13-14-28-21-19(3-2-4-20(21)25)22(26)24-16-7-5-15(23)6-8-16/h2-12H,13-14H2,1H3,(H,24,26). The van der Waals surface area contributed by atoms with Crippen LogP contribution >= 0.6 is 11.6 Å². The summed E-state index contributed by atoms with van der Waals surface area (Å²) in [6.45, 7) is 1.19. The number of rotatable bonds is 4. The average molecular weight is 395 g/mol. The van der Waals surface area contributed by atoms with Gasteiger partial charge in [-0.2, -0.15) is 0 Å². The fraction of sp³-hybridized carbons (Fsp3) is 0.136. The molecule has 0 unspecified atom stereocenters. The zero-order chi connectivity index (χ0) is 19.5. The first-order valence-corrected chi connectivity index (χ1v) is 9.28. The van der Waals surface area contributed by atoms with Crippen molar-refractivity contribution in [3.05, 3.63) is 77.3 Å². The van der Waals surface area contributed by atoms with E-state index in [1.165, 1.54) is 0 Å². The third-order valence-electron chi connectivity index (χ3n) is 4.58. The van der Waals surface area contributed by atoms with Crippen LogP contribution in [0.4, 0.5) is 17.1 Å². The third-order valence-corrected chi connectivity index (χ3v) is 4.83. The molecule has 0 fully saturated rings. The summed E-state index contributed by atoms with van der Waals surface area (Å²) < 4.78 is 11.1. The summed E-state index contributed by atoms with van der Waals surface area (Å²) in [6.07, 6.45) is 0. The van der Waals surface area contributed by atoms with Crippen molar-refractivity contribution in [3.63, 3.8) is 0 Å². The van der Waals surface area contributed by atoms with Crippen LogP contribution < -0.4 is 19.7 Å². The number of methoxy groups -OCH3 is 1. The second-order valence-electron chi connectivity index (χ2n) is 6.31. The van der Waals surface area contributed by atoms with Crippen molar-refractivity contribution in [2.75, 3.05) is 30.5 Å². The molecule has 28 heavy (non-hydrogen) atoms. The molecule has 0 spiro atoms. The number of carbonyl (C=O) groups is 1. The fourth-order valence-corrected chi connectivity index (χ4v) is 3.32. The fourth-order valence-electron chi connectivity index (χ4n) is 3.19. The van der Waals surface area contributed by atoms with Gasteiger partial charge >= 0.3 is 0 Å². The van der Waals surface area contributed by atoms with Gasteiger partial charge in [-0.15, -0.1) is 0 Å². The minimum Gasteiger partial charge on any atom is -0.497 e. The Hall–Kier alpha value is -3.18. The molecule has 0 radical (unpaired) electrons. The zero-order valence-electron chi connectivity index (χ0n) is 15.3. The van der Waals surface area contributed by atoms with Gasteiger partial charge in [0.2, 0.25) is 0 Å². The van der Waals surface area contributed by atoms with E-state index in [2.05, 4.69) is 10.2 Å². The van der Waals surface area contributed by atoms with Crippen molar-refractivity contribution in [1.29, 1.82) is 0 Å². The number of anilines is 3. The molecule has 6 heteroatoms. The van der Waals surface area contributed by atoms with Crippen molar-refractivity contribution in [3.8, 4) is 11.5 Å². The number of para-hydroxylation sites is 1. The molecule has 1 aliphatic rings. The molecule has 1 N–H and O–H groups in total. The SMILES string of the molecule is COc1ccc(N2CCOc3c(C(=O)Nc4ccc(Cl)cc4)cccc32)cc1. The summed E-state index contributed by atoms with van der Waals surface area (Å²) >= 11 is 5.91. The van der Waals surface area contributed by atoms with Gasteiger partial charge in [-0.1, -0.05) is 17.7 Å². The number of fused-ring (bicyclic) bond motifs is 1. The van der Waals surface area contributed by atoms with E-state index in [-0.39, 0.29) is 5.91 Å². The lowest BCUT2D eigenvalue weighted by molar-refractivity contribution is 0.102. The number of nitrogens with one attached hydrogen (secondary N) is 1. The number of hydrogen-bond acceptors (Lipinski definition) is 4. The number of benzene rings is 3. The molecule has 142 valence electrons. The molecule has 1 heterocycles. The summed E-state index contributed by atoms with van der Waals surface area (Å²) in [4.78, 5) is 15.0. The number of carbonyl (C=O) groups excluding carboxylic acids is 1. The van der Waals surface area contributed by atoms with Gasteiger partial charge in [0, 0.05) is 16.4 Å². The Bertz CT molecular complexity index is 988. The maximum Gasteiger partial charge on any atom is 0.259 e. The molecule has 3 aromatic carbocycles. The Kier molecular flexibility index (Phi) is 5.08. The molecule has 0 saturated carbocycles. The van der Waals surface area contributed by atoms with Gasteiger partial charge in [-0.3, -0.25) is 4.79 Å². The highest BCUT2D eigenvalue weighted by molar-refractivity contribution is 6.30. The van der Waals surface area contributed by atoms with E-state index in [1.807, 2.05) is 36.4 Å². The maximum absolute atomic E-state index is 12.8. The van der Waals surface area contributed by atoms with Crippen LogP contribution in [-0.4, -0.2) is 26.2 Å². The quantitative estimate of drug-likeness (QED) is 0.666. The van der Waals surface area contributed by atoms with Crippen LogP contribution in [0.25, 0.3) is 0 Å². The van der Waals surface area contributed by atoms with Crippen LogP contribution in [0.15, 0.2) is 66.7 Å². The van der Waals surface area contributed by atoms with Crippen LogP contribution in [0, 0.1) is 0 Å². The van der Waals surface area contributed by atoms with E-state index in [9.17, 15) is 4.79 Å². The highest BCUT2D eigenvalue weighted by Crippen LogP contribution is 2.39. The van der Waals surface area contributed by atoms with Gasteiger partial charge in [0.1, 0.15) is 12.4 Å². The second kappa shape index (κ2) is 7.82. The van der Waals surface area contributed by atoms with Gasteiger partial charge < -0.3 is 19.7 Å². The second-order valence-corrected chi connectivity index (χ2v) is 6.75. The largest absolute Gasteiger partial charge is 0.497 e. The summed E-state index contributed by atoms with van der Waals surface area (Å²) in [7, 11) is 1.64. The molecular formula is C22H19ClN2O3. The normalized spacial score (nSPS) is 12.7. The minimum atomic E-state index is -0.226. The van der Waals surface area contributed by atoms with E-state index in [4.69, 9.17) is 21.1 Å². The van der Waals surface area contributed by atoms with E-state index >= 15 is 0 Å². The van der Waals surface area contributed by atoms with Gasteiger partial charge in [0.05, 0.1) is 24.9 Å². The molecule has 0 aromatic heterocycles. The number of hydrogen-bond donors (Lipinski definition) is 1. The Balaban J connectivity index is 1.64. The first-order chi connectivity index (χ1) is 13.7. The topological polar surface area (TPSA) is 50.8 Å². The molecule has 0 saturated heterocycles. The molecule has 4 rings (SSSR count). The summed E-state index contributed by atoms with van der Waals surface area (Å²) in [5.41, 5.74) is 3.04. The highest BCUT2D eigenvalue weighted by atomic mass is 35.5. The van der Waals surface area contributed by atoms with Crippen molar-refractivity contribution >= 4 is 34.6 Å². The molecule has 1 amide bonds. The van der Waals surface area contributed by atoms with Gasteiger partial charge in [-0.05, 0) is 60.7 Å². The maximum atomic E-state index is 12.8. The lowest BCUT2D eigenvalue weighted by Gasteiger charge is -2.32. The molecule has 0 atom stereocenters. The van der Waals surface area contributed by atoms with Gasteiger partial charge in [0.25, 0.3) is 5.91 Å². The summed E-state index contributed by atoms with van der Waals surface area (Å²) in [5.74, 6) is 1.15. The number of nitrogens with zero attached hydrogens (tertiary/aromatic N) is 1. The summed E-state index contributed by atoms with van der Waals surface area (Å²) in [6, 6.07) is 20.4. The molecular weight excluding hydrogens is 376 g/mol. The number of amides is 1. The van der Waals surface area contributed by atoms with E-state index in [1.54, 1.807) is 37.4 Å². The van der Waals surface area contributed by atoms with Crippen LogP contribution in [0.3, 0.4) is 0 Å². The monoisotopic (exact) mass is 394 g/mol. The lowest BCUT2D eigenvalue weighted by atomic mass is 10.1. The molecule has 5 nitrogen and oxygen atoms in total. The Morgan fingerprint density at radius 2 is 1.82 bits per heavy atom. The van der Waals surface area contributed by atoms with Crippen LogP contribution in [0.1, 0.15) is 10.4 Å². The Morgan fingerprint density at radius 3 is 2.54 bits per heavy atom. The first kappa shape index (κ1) is 18.2. The molecule has 0 aliphatic carbocycles. The van der Waals surface area contributed by atoms with Crippen molar-refractivity contribution in [2.45, 2.75) is 0 Å². The predicted octanol–water partition coefficient (Wildman–Crippen LogP) is 5.13. The lowest BCUT2D eigenvalue weighted by Crippen LogP contribution is -2.30. The zero-order valence-corrected chi connectivity index (χ0v) is 16.1. The van der Waals surface area contributed by atoms with E-state index in [0.717, 1.165) is 17.1 Å². The van der Waals surface area contributed by atoms with Crippen LogP contribution in [0.5, 0.6) is 11.5 Å². The Labute approximate surface area is 168 Å². The smallest absolute Gasteiger partial charge is 0.259 e. The predicted molar refractivity (Wildman–Crippen MR) is 111 cm³/mol. The molecule has 0 bridgehead atoms. The third kappa shape index (κ3) is 3.62. The number of halogens is 1. The molecule has 3 aromatic rings. The number of ether oxygens (including phenoxy) is 2. The molecule has 1 aliphatic heterocycles. The van der Waals surface area contributed by atoms with Crippen molar-refractivity contribution in [2.24, 2.45) is 0 Å². The van der Waals surface area contributed by atoms with E-state index < -0.39 is 0 Å². The van der Waals surface area contributed by atoms with E-state index in [0.29, 0.717) is 35.2 Å². The highest BCUT2D eigenvalue weighted by Gasteiger charge is 2.25. The van der Waals surface area contributed by atoms with Crippen LogP contribution in [0.2, 0.25) is 5.02 Å². The van der Waals surface area contributed by atoms with Crippen molar-refractivity contribution < 1.29 is 14.3 Å². The van der Waals surface area contributed by atoms with Gasteiger partial charge in [0.15, 0.2) is 5.75 Å². The van der Waals surface area contributed by atoms with Gasteiger partial charge in [-0.25, -0.2) is 0 Å². The average Bonchev–Trinajstić information content (AvgIpc) is 2.74. The Morgan fingerprint density at radius 1 is 1.07 bits per heavy atom. The minimum absolute atomic E-state index is 0.226. The summed E-state index contributed by atoms with van der Waals surface area (Å²) in [5, 5.41) is 3.51. The van der Waals surface area contributed by atoms with Crippen molar-refractivity contribution in [1.82, 2.24) is 0 Å². The van der Waals surface area contributed by atoms with Crippen LogP contribution in [-0.2, 0) is 0 Å². The first-order valence-electron chi connectivity index (χ1n) is 8.90.